The fraction of sp³-hybridized carbons (Fsp3) is 0.900. The highest BCUT2D eigenvalue weighted by molar-refractivity contribution is 6.18. The molecule has 0 aromatic rings. The third-order valence-electron chi connectivity index (χ3n) is 2.36. The second-order valence-electron chi connectivity index (χ2n) is 3.82. The van der Waals surface area contributed by atoms with Crippen LogP contribution < -0.4 is 5.32 Å². The summed E-state index contributed by atoms with van der Waals surface area (Å²) in [6, 6.07) is 0.179. The van der Waals surface area contributed by atoms with Crippen molar-refractivity contribution in [2.45, 2.75) is 19.4 Å². The van der Waals surface area contributed by atoms with Crippen LogP contribution in [0.3, 0.4) is 0 Å². The first-order chi connectivity index (χ1) is 7.22. The Balaban J connectivity index is 2.16. The maximum Gasteiger partial charge on any atom is 0.221 e. The Labute approximate surface area is 95.9 Å². The standard InChI is InChI=1S/C10H19ClN2O2/c1-9(12-10(14)2-3-11)8-13-4-6-15-7-5-13/h9H,2-8H2,1H3,(H,12,14). The SMILES string of the molecule is CC(CN1CCOCC1)NC(=O)CCCl. The molecule has 1 heterocycles. The van der Waals surface area contributed by atoms with Gasteiger partial charge in [-0.2, -0.15) is 0 Å². The Bertz CT molecular complexity index is 196. The zero-order valence-corrected chi connectivity index (χ0v) is 9.92. The highest BCUT2D eigenvalue weighted by atomic mass is 35.5. The second kappa shape index (κ2) is 7.04. The Morgan fingerprint density at radius 1 is 1.53 bits per heavy atom. The van der Waals surface area contributed by atoms with Crippen molar-refractivity contribution < 1.29 is 9.53 Å². The molecule has 4 nitrogen and oxygen atoms in total. The van der Waals surface area contributed by atoms with E-state index >= 15 is 0 Å². The molecule has 1 atom stereocenters. The summed E-state index contributed by atoms with van der Waals surface area (Å²) in [7, 11) is 0. The average molecular weight is 235 g/mol. The Morgan fingerprint density at radius 2 is 2.20 bits per heavy atom. The third-order valence-corrected chi connectivity index (χ3v) is 2.55. The number of hydrogen-bond acceptors (Lipinski definition) is 3. The van der Waals surface area contributed by atoms with Gasteiger partial charge in [0.05, 0.1) is 13.2 Å². The fourth-order valence-corrected chi connectivity index (χ4v) is 1.82. The van der Waals surface area contributed by atoms with E-state index in [4.69, 9.17) is 16.3 Å². The molecule has 1 rings (SSSR count). The van der Waals surface area contributed by atoms with Crippen molar-refractivity contribution in [2.75, 3.05) is 38.7 Å². The minimum Gasteiger partial charge on any atom is -0.379 e. The summed E-state index contributed by atoms with van der Waals surface area (Å²) in [6.45, 7) is 6.40. The molecule has 0 bridgehead atoms. The number of ether oxygens (including phenoxy) is 1. The Hall–Kier alpha value is -0.320. The minimum absolute atomic E-state index is 0.0331. The van der Waals surface area contributed by atoms with Gasteiger partial charge in [-0.15, -0.1) is 11.6 Å². The van der Waals surface area contributed by atoms with Gasteiger partial charge in [0.1, 0.15) is 0 Å². The topological polar surface area (TPSA) is 41.6 Å². The van der Waals surface area contributed by atoms with Gasteiger partial charge in [-0.3, -0.25) is 9.69 Å². The van der Waals surface area contributed by atoms with Gasteiger partial charge < -0.3 is 10.1 Å². The van der Waals surface area contributed by atoms with Crippen molar-refractivity contribution in [1.82, 2.24) is 10.2 Å². The summed E-state index contributed by atoms with van der Waals surface area (Å²) in [5, 5.41) is 2.92. The van der Waals surface area contributed by atoms with Gasteiger partial charge >= 0.3 is 0 Å². The molecule has 0 saturated carbocycles. The van der Waals surface area contributed by atoms with Gasteiger partial charge in [0.15, 0.2) is 0 Å². The first-order valence-electron chi connectivity index (χ1n) is 5.38. The van der Waals surface area contributed by atoms with E-state index in [-0.39, 0.29) is 11.9 Å². The Kier molecular flexibility index (Phi) is 5.98. The highest BCUT2D eigenvalue weighted by Gasteiger charge is 2.14. The van der Waals surface area contributed by atoms with Crippen LogP contribution in [0, 0.1) is 0 Å². The first kappa shape index (κ1) is 12.7. The van der Waals surface area contributed by atoms with Crippen molar-refractivity contribution in [1.29, 1.82) is 0 Å². The number of carbonyl (C=O) groups excluding carboxylic acids is 1. The summed E-state index contributed by atoms with van der Waals surface area (Å²) < 4.78 is 5.25. The van der Waals surface area contributed by atoms with Gasteiger partial charge in [-0.25, -0.2) is 0 Å². The number of alkyl halides is 1. The molecule has 1 amide bonds. The third kappa shape index (κ3) is 5.35. The molecular formula is C10H19ClN2O2. The smallest absolute Gasteiger partial charge is 0.221 e. The maximum absolute atomic E-state index is 11.3. The molecule has 0 spiro atoms. The van der Waals surface area contributed by atoms with Gasteiger partial charge in [0, 0.05) is 38.0 Å². The van der Waals surface area contributed by atoms with Crippen LogP contribution in [0.25, 0.3) is 0 Å². The van der Waals surface area contributed by atoms with Crippen LogP contribution in [0.5, 0.6) is 0 Å². The van der Waals surface area contributed by atoms with Crippen molar-refractivity contribution in [3.8, 4) is 0 Å². The monoisotopic (exact) mass is 234 g/mol. The van der Waals surface area contributed by atoms with Crippen LogP contribution in [-0.2, 0) is 9.53 Å². The largest absolute Gasteiger partial charge is 0.379 e. The minimum atomic E-state index is 0.0331. The lowest BCUT2D eigenvalue weighted by molar-refractivity contribution is -0.121. The van der Waals surface area contributed by atoms with Crippen molar-refractivity contribution >= 4 is 17.5 Å². The summed E-state index contributed by atoms with van der Waals surface area (Å²) in [6.07, 6.45) is 0.398. The first-order valence-corrected chi connectivity index (χ1v) is 5.91. The summed E-state index contributed by atoms with van der Waals surface area (Å²) in [5.41, 5.74) is 0. The van der Waals surface area contributed by atoms with E-state index in [2.05, 4.69) is 10.2 Å². The molecule has 0 radical (unpaired) electrons. The van der Waals surface area contributed by atoms with Gasteiger partial charge in [0.25, 0.3) is 0 Å². The lowest BCUT2D eigenvalue weighted by Gasteiger charge is -2.29. The van der Waals surface area contributed by atoms with E-state index in [0.29, 0.717) is 12.3 Å². The van der Waals surface area contributed by atoms with Crippen LogP contribution in [0.4, 0.5) is 0 Å². The summed E-state index contributed by atoms with van der Waals surface area (Å²) >= 11 is 5.48. The highest BCUT2D eigenvalue weighted by Crippen LogP contribution is 1.98. The van der Waals surface area contributed by atoms with E-state index in [9.17, 15) is 4.79 Å². The van der Waals surface area contributed by atoms with E-state index in [1.807, 2.05) is 6.92 Å². The predicted molar refractivity (Wildman–Crippen MR) is 60.2 cm³/mol. The van der Waals surface area contributed by atoms with Crippen LogP contribution in [0.1, 0.15) is 13.3 Å². The number of amides is 1. The molecular weight excluding hydrogens is 216 g/mol. The van der Waals surface area contributed by atoms with Gasteiger partial charge in [0.2, 0.25) is 5.91 Å². The number of nitrogens with one attached hydrogen (secondary N) is 1. The zero-order chi connectivity index (χ0) is 11.1. The van der Waals surface area contributed by atoms with E-state index in [0.717, 1.165) is 32.8 Å². The normalized spacial score (nSPS) is 19.9. The molecule has 1 aliphatic heterocycles. The molecule has 1 fully saturated rings. The molecule has 15 heavy (non-hydrogen) atoms. The van der Waals surface area contributed by atoms with E-state index in [1.165, 1.54) is 0 Å². The number of carbonyl (C=O) groups is 1. The average Bonchev–Trinajstić information content (AvgIpc) is 2.19. The van der Waals surface area contributed by atoms with Gasteiger partial charge in [-0.1, -0.05) is 0 Å². The van der Waals surface area contributed by atoms with Gasteiger partial charge in [-0.05, 0) is 6.92 Å². The molecule has 1 N–H and O–H groups in total. The molecule has 1 aliphatic rings. The van der Waals surface area contributed by atoms with Crippen molar-refractivity contribution in [3.63, 3.8) is 0 Å². The van der Waals surface area contributed by atoms with Crippen molar-refractivity contribution in [3.05, 3.63) is 0 Å². The molecule has 1 saturated heterocycles. The van der Waals surface area contributed by atoms with Crippen LogP contribution in [0.15, 0.2) is 0 Å². The maximum atomic E-state index is 11.3. The molecule has 0 aromatic heterocycles. The number of hydrogen-bond donors (Lipinski definition) is 1. The predicted octanol–water partition coefficient (Wildman–Crippen LogP) is 0.452. The molecule has 1 unspecified atom stereocenters. The molecule has 0 aromatic carbocycles. The fourth-order valence-electron chi connectivity index (χ4n) is 1.65. The van der Waals surface area contributed by atoms with Crippen LogP contribution >= 0.6 is 11.6 Å². The van der Waals surface area contributed by atoms with Crippen LogP contribution in [-0.4, -0.2) is 55.6 Å². The summed E-state index contributed by atoms with van der Waals surface area (Å²) in [5.74, 6) is 0.418. The van der Waals surface area contributed by atoms with E-state index in [1.54, 1.807) is 0 Å². The summed E-state index contributed by atoms with van der Waals surface area (Å²) in [4.78, 5) is 13.6. The number of halogens is 1. The zero-order valence-electron chi connectivity index (χ0n) is 9.17. The second-order valence-corrected chi connectivity index (χ2v) is 4.20. The number of nitrogens with zero attached hydrogens (tertiary/aromatic N) is 1. The quantitative estimate of drug-likeness (QED) is 0.703. The van der Waals surface area contributed by atoms with E-state index < -0.39 is 0 Å². The molecule has 88 valence electrons. The lowest BCUT2D eigenvalue weighted by Crippen LogP contribution is -2.46. The van der Waals surface area contributed by atoms with Crippen LogP contribution in [0.2, 0.25) is 0 Å². The van der Waals surface area contributed by atoms with Crippen molar-refractivity contribution in [2.24, 2.45) is 0 Å². The number of morpholine rings is 1. The Morgan fingerprint density at radius 3 is 2.80 bits per heavy atom. The number of rotatable bonds is 5. The lowest BCUT2D eigenvalue weighted by atomic mass is 10.2. The molecule has 5 heteroatoms. The molecule has 0 aliphatic carbocycles.